The lowest BCUT2D eigenvalue weighted by Crippen LogP contribution is -2.31. The van der Waals surface area contributed by atoms with Gasteiger partial charge in [-0.3, -0.25) is 9.59 Å². The lowest BCUT2D eigenvalue weighted by Gasteiger charge is -2.11. The highest BCUT2D eigenvalue weighted by molar-refractivity contribution is 5.94. The minimum absolute atomic E-state index is 0.0824. The molecular weight excluding hydrogens is 292 g/mol. The molecule has 5 heteroatoms. The van der Waals surface area contributed by atoms with E-state index in [-0.39, 0.29) is 17.9 Å². The molecule has 0 aliphatic rings. The first-order valence-corrected chi connectivity index (χ1v) is 7.74. The van der Waals surface area contributed by atoms with E-state index in [1.165, 1.54) is 0 Å². The summed E-state index contributed by atoms with van der Waals surface area (Å²) in [5.74, 6) is 0.663. The Morgan fingerprint density at radius 3 is 2.35 bits per heavy atom. The summed E-state index contributed by atoms with van der Waals surface area (Å²) < 4.78 is 5.27. The zero-order chi connectivity index (χ0) is 16.8. The van der Waals surface area contributed by atoms with Crippen LogP contribution in [0.4, 0.5) is 0 Å². The third-order valence-corrected chi connectivity index (χ3v) is 3.62. The number of amides is 2. The van der Waals surface area contributed by atoms with Crippen LogP contribution in [0.1, 0.15) is 52.5 Å². The van der Waals surface area contributed by atoms with Crippen LogP contribution in [0.3, 0.4) is 0 Å². The smallest absolute Gasteiger partial charge is 0.287 e. The lowest BCUT2D eigenvalue weighted by atomic mass is 10.1. The first-order valence-electron chi connectivity index (χ1n) is 7.74. The van der Waals surface area contributed by atoms with Crippen LogP contribution in [0.5, 0.6) is 0 Å². The van der Waals surface area contributed by atoms with Crippen molar-refractivity contribution in [2.45, 2.75) is 39.8 Å². The van der Waals surface area contributed by atoms with Crippen molar-refractivity contribution in [1.82, 2.24) is 10.6 Å². The molecule has 1 heterocycles. The third-order valence-electron chi connectivity index (χ3n) is 3.62. The Labute approximate surface area is 136 Å². The molecule has 5 nitrogen and oxygen atoms in total. The van der Waals surface area contributed by atoms with Crippen molar-refractivity contribution in [3.63, 3.8) is 0 Å². The largest absolute Gasteiger partial charge is 0.456 e. The van der Waals surface area contributed by atoms with Crippen LogP contribution in [0.15, 0.2) is 40.8 Å². The Balaban J connectivity index is 1.90. The summed E-state index contributed by atoms with van der Waals surface area (Å²) in [4.78, 5) is 23.9. The van der Waals surface area contributed by atoms with Gasteiger partial charge in [-0.15, -0.1) is 0 Å². The van der Waals surface area contributed by atoms with E-state index in [0.717, 1.165) is 12.0 Å². The van der Waals surface area contributed by atoms with Gasteiger partial charge in [-0.25, -0.2) is 0 Å². The molecule has 0 saturated heterocycles. The molecule has 2 amide bonds. The number of carbonyl (C=O) groups is 2. The van der Waals surface area contributed by atoms with E-state index >= 15 is 0 Å². The van der Waals surface area contributed by atoms with Crippen LogP contribution >= 0.6 is 0 Å². The molecule has 0 bridgehead atoms. The van der Waals surface area contributed by atoms with Gasteiger partial charge in [0, 0.05) is 18.2 Å². The number of hydrogen-bond acceptors (Lipinski definition) is 3. The minimum Gasteiger partial charge on any atom is -0.456 e. The summed E-state index contributed by atoms with van der Waals surface area (Å²) >= 11 is 0. The van der Waals surface area contributed by atoms with Crippen LogP contribution in [0, 0.1) is 6.92 Å². The van der Waals surface area contributed by atoms with Gasteiger partial charge in [0.1, 0.15) is 5.76 Å². The molecule has 2 rings (SSSR count). The van der Waals surface area contributed by atoms with Crippen molar-refractivity contribution in [2.75, 3.05) is 0 Å². The summed E-state index contributed by atoms with van der Waals surface area (Å²) in [7, 11) is 0. The topological polar surface area (TPSA) is 71.3 Å². The van der Waals surface area contributed by atoms with E-state index in [4.69, 9.17) is 4.42 Å². The number of hydrogen-bond donors (Lipinski definition) is 2. The quantitative estimate of drug-likeness (QED) is 0.861. The second kappa shape index (κ2) is 7.63. The van der Waals surface area contributed by atoms with Gasteiger partial charge in [0.15, 0.2) is 5.76 Å². The fourth-order valence-electron chi connectivity index (χ4n) is 2.01. The predicted molar refractivity (Wildman–Crippen MR) is 88.3 cm³/mol. The second-order valence-electron chi connectivity index (χ2n) is 5.57. The van der Waals surface area contributed by atoms with Crippen molar-refractivity contribution in [2.24, 2.45) is 0 Å². The highest BCUT2D eigenvalue weighted by Gasteiger charge is 2.10. The number of aryl methyl sites for hydroxylation is 1. The number of benzene rings is 1. The minimum atomic E-state index is -0.253. The van der Waals surface area contributed by atoms with Gasteiger partial charge in [0.25, 0.3) is 11.8 Å². The number of nitrogens with one attached hydrogen (secondary N) is 2. The molecule has 23 heavy (non-hydrogen) atoms. The van der Waals surface area contributed by atoms with Gasteiger partial charge >= 0.3 is 0 Å². The first kappa shape index (κ1) is 16.8. The van der Waals surface area contributed by atoms with E-state index in [9.17, 15) is 9.59 Å². The first-order chi connectivity index (χ1) is 11.0. The Bertz CT molecular complexity index is 674. The summed E-state index contributed by atoms with van der Waals surface area (Å²) in [6.45, 7) is 6.17. The van der Waals surface area contributed by atoms with Crippen LogP contribution in [0.2, 0.25) is 0 Å². The monoisotopic (exact) mass is 314 g/mol. The molecule has 2 N–H and O–H groups in total. The Morgan fingerprint density at radius 1 is 1.09 bits per heavy atom. The van der Waals surface area contributed by atoms with Crippen LogP contribution < -0.4 is 10.6 Å². The third kappa shape index (κ3) is 4.71. The number of rotatable bonds is 6. The molecule has 122 valence electrons. The van der Waals surface area contributed by atoms with E-state index in [2.05, 4.69) is 10.6 Å². The molecule has 2 aromatic rings. The highest BCUT2D eigenvalue weighted by Crippen LogP contribution is 2.08. The zero-order valence-electron chi connectivity index (χ0n) is 13.7. The van der Waals surface area contributed by atoms with E-state index in [1.807, 2.05) is 26.0 Å². The van der Waals surface area contributed by atoms with E-state index < -0.39 is 0 Å². The molecule has 1 aromatic heterocycles. The maximum atomic E-state index is 12.0. The standard InChI is InChI=1S/C18H22N2O3/c1-4-12(2)20-17(21)15-8-6-14(7-9-15)11-19-18(22)16-10-5-13(3)23-16/h5-10,12H,4,11H2,1-3H3,(H,19,22)(H,20,21). The molecular formula is C18H22N2O3. The van der Waals surface area contributed by atoms with Gasteiger partial charge in [-0.2, -0.15) is 0 Å². The molecule has 1 unspecified atom stereocenters. The van der Waals surface area contributed by atoms with Crippen LogP contribution in [-0.2, 0) is 6.54 Å². The SMILES string of the molecule is CCC(C)NC(=O)c1ccc(CNC(=O)c2ccc(C)o2)cc1. The number of carbonyl (C=O) groups excluding carboxylic acids is 2. The zero-order valence-corrected chi connectivity index (χ0v) is 13.7. The molecule has 1 atom stereocenters. The highest BCUT2D eigenvalue weighted by atomic mass is 16.3. The fourth-order valence-corrected chi connectivity index (χ4v) is 2.01. The van der Waals surface area contributed by atoms with Gasteiger partial charge in [-0.1, -0.05) is 19.1 Å². The fraction of sp³-hybridized carbons (Fsp3) is 0.333. The van der Waals surface area contributed by atoms with Crippen molar-refractivity contribution < 1.29 is 14.0 Å². The van der Waals surface area contributed by atoms with Gasteiger partial charge in [0.2, 0.25) is 0 Å². The van der Waals surface area contributed by atoms with Gasteiger partial charge in [-0.05, 0) is 50.1 Å². The Kier molecular flexibility index (Phi) is 5.57. The Hall–Kier alpha value is -2.56. The molecule has 0 fully saturated rings. The predicted octanol–water partition coefficient (Wildman–Crippen LogP) is 3.05. The van der Waals surface area contributed by atoms with E-state index in [0.29, 0.717) is 23.6 Å². The van der Waals surface area contributed by atoms with Crippen molar-refractivity contribution >= 4 is 11.8 Å². The van der Waals surface area contributed by atoms with E-state index in [1.54, 1.807) is 31.2 Å². The maximum absolute atomic E-state index is 12.0. The second-order valence-corrected chi connectivity index (χ2v) is 5.57. The van der Waals surface area contributed by atoms with Crippen molar-refractivity contribution in [3.05, 3.63) is 59.0 Å². The molecule has 0 radical (unpaired) electrons. The Morgan fingerprint density at radius 2 is 1.78 bits per heavy atom. The van der Waals surface area contributed by atoms with Gasteiger partial charge in [0.05, 0.1) is 0 Å². The van der Waals surface area contributed by atoms with Crippen LogP contribution in [0.25, 0.3) is 0 Å². The molecule has 1 aromatic carbocycles. The normalized spacial score (nSPS) is 11.8. The summed E-state index contributed by atoms with van der Waals surface area (Å²) in [6, 6.07) is 10.7. The molecule has 0 aliphatic carbocycles. The van der Waals surface area contributed by atoms with Crippen molar-refractivity contribution in [1.29, 1.82) is 0 Å². The number of furan rings is 1. The average Bonchev–Trinajstić information content (AvgIpc) is 2.99. The van der Waals surface area contributed by atoms with Crippen molar-refractivity contribution in [3.8, 4) is 0 Å². The molecule has 0 aliphatic heterocycles. The average molecular weight is 314 g/mol. The van der Waals surface area contributed by atoms with Gasteiger partial charge < -0.3 is 15.1 Å². The maximum Gasteiger partial charge on any atom is 0.287 e. The summed E-state index contributed by atoms with van der Waals surface area (Å²) in [5.41, 5.74) is 1.53. The lowest BCUT2D eigenvalue weighted by molar-refractivity contribution is 0.0918. The van der Waals surface area contributed by atoms with Crippen LogP contribution in [-0.4, -0.2) is 17.9 Å². The molecule has 0 saturated carbocycles. The molecule has 0 spiro atoms. The summed E-state index contributed by atoms with van der Waals surface area (Å²) in [6.07, 6.45) is 0.891. The summed E-state index contributed by atoms with van der Waals surface area (Å²) in [5, 5.41) is 5.70.